The summed E-state index contributed by atoms with van der Waals surface area (Å²) in [4.78, 5) is 29.6. The third-order valence-corrected chi connectivity index (χ3v) is 5.84. The normalized spacial score (nSPS) is 11.2. The fourth-order valence-electron chi connectivity index (χ4n) is 3.36. The number of aryl methyl sites for hydroxylation is 2. The summed E-state index contributed by atoms with van der Waals surface area (Å²) in [7, 11) is 0. The summed E-state index contributed by atoms with van der Waals surface area (Å²) >= 11 is 1.47. The lowest BCUT2D eigenvalue weighted by atomic mass is 10.1. The number of carbonyl (C=O) groups is 1. The molecule has 2 aromatic heterocycles. The number of para-hydroxylation sites is 1. The molecular weight excluding hydrogens is 402 g/mol. The van der Waals surface area contributed by atoms with Crippen LogP contribution in [0.15, 0.2) is 45.6 Å². The largest absolute Gasteiger partial charge is 0.481 e. The summed E-state index contributed by atoms with van der Waals surface area (Å²) < 4.78 is 17.6. The summed E-state index contributed by atoms with van der Waals surface area (Å²) in [6, 6.07) is 11.2. The maximum absolute atomic E-state index is 13.3. The van der Waals surface area contributed by atoms with E-state index in [1.165, 1.54) is 11.3 Å². The van der Waals surface area contributed by atoms with Gasteiger partial charge in [-0.15, -0.1) is 11.3 Å². The number of carbonyl (C=O) groups excluding carboxylic acids is 1. The van der Waals surface area contributed by atoms with Gasteiger partial charge in [0.1, 0.15) is 22.1 Å². The minimum absolute atomic E-state index is 0.126. The number of aromatic nitrogens is 1. The molecule has 0 aliphatic carbocycles. The van der Waals surface area contributed by atoms with E-state index in [0.29, 0.717) is 46.1 Å². The average molecular weight is 423 g/mol. The molecule has 0 N–H and O–H groups in total. The van der Waals surface area contributed by atoms with Gasteiger partial charge in [0.25, 0.3) is 0 Å². The van der Waals surface area contributed by atoms with Crippen molar-refractivity contribution in [2.45, 2.75) is 27.2 Å². The highest BCUT2D eigenvalue weighted by Gasteiger charge is 2.19. The minimum atomic E-state index is -0.441. The van der Waals surface area contributed by atoms with Gasteiger partial charge in [0.15, 0.2) is 6.61 Å². The Balaban J connectivity index is 1.81. The van der Waals surface area contributed by atoms with Gasteiger partial charge in [-0.05, 0) is 44.0 Å². The Morgan fingerprint density at radius 1 is 1.20 bits per heavy atom. The average Bonchev–Trinajstić information content (AvgIpc) is 3.15. The van der Waals surface area contributed by atoms with Gasteiger partial charge in [0, 0.05) is 6.07 Å². The number of thiazole rings is 1. The third kappa shape index (κ3) is 3.68. The monoisotopic (exact) mass is 423 g/mol. The maximum atomic E-state index is 13.3. The molecule has 0 spiro atoms. The van der Waals surface area contributed by atoms with E-state index < -0.39 is 5.97 Å². The van der Waals surface area contributed by atoms with Gasteiger partial charge in [-0.1, -0.05) is 19.1 Å². The summed E-state index contributed by atoms with van der Waals surface area (Å²) in [5, 5.41) is 1.11. The number of benzene rings is 2. The predicted molar refractivity (Wildman–Crippen MR) is 117 cm³/mol. The lowest BCUT2D eigenvalue weighted by Crippen LogP contribution is -2.15. The van der Waals surface area contributed by atoms with E-state index in [2.05, 4.69) is 4.98 Å². The molecule has 30 heavy (non-hydrogen) atoms. The lowest BCUT2D eigenvalue weighted by Gasteiger charge is -2.12. The molecule has 0 unspecified atom stereocenters. The topological polar surface area (TPSA) is 78.6 Å². The van der Waals surface area contributed by atoms with Crippen molar-refractivity contribution in [2.75, 3.05) is 13.2 Å². The SMILES string of the molecule is CCOC(=O)COc1cc2oc(C)c(-c3nc4ccccc4s3)c(=O)c2cc1CC. The van der Waals surface area contributed by atoms with E-state index in [1.807, 2.05) is 31.2 Å². The molecule has 0 bridgehead atoms. The van der Waals surface area contributed by atoms with Crippen LogP contribution >= 0.6 is 11.3 Å². The number of fused-ring (bicyclic) bond motifs is 2. The van der Waals surface area contributed by atoms with Crippen molar-refractivity contribution in [3.8, 4) is 16.3 Å². The fraction of sp³-hybridized carbons (Fsp3) is 0.261. The molecule has 0 atom stereocenters. The Morgan fingerprint density at radius 2 is 2.00 bits per heavy atom. The first-order valence-electron chi connectivity index (χ1n) is 9.76. The van der Waals surface area contributed by atoms with Gasteiger partial charge in [-0.3, -0.25) is 4.79 Å². The Labute approximate surface area is 177 Å². The molecule has 7 heteroatoms. The number of rotatable bonds is 6. The highest BCUT2D eigenvalue weighted by atomic mass is 32.1. The molecule has 0 aliphatic rings. The zero-order valence-electron chi connectivity index (χ0n) is 17.0. The molecule has 4 rings (SSSR count). The summed E-state index contributed by atoms with van der Waals surface area (Å²) in [5.74, 6) is 0.559. The maximum Gasteiger partial charge on any atom is 0.344 e. The molecule has 0 saturated carbocycles. The van der Waals surface area contributed by atoms with E-state index in [1.54, 1.807) is 26.0 Å². The van der Waals surface area contributed by atoms with Gasteiger partial charge in [0.2, 0.25) is 5.43 Å². The van der Waals surface area contributed by atoms with E-state index in [-0.39, 0.29) is 12.0 Å². The van der Waals surface area contributed by atoms with Crippen LogP contribution in [0.5, 0.6) is 5.75 Å². The Hall–Kier alpha value is -3.19. The summed E-state index contributed by atoms with van der Waals surface area (Å²) in [5.41, 5.74) is 2.44. The molecule has 0 saturated heterocycles. The highest BCUT2D eigenvalue weighted by molar-refractivity contribution is 7.21. The number of hydrogen-bond acceptors (Lipinski definition) is 7. The molecule has 2 aromatic carbocycles. The number of esters is 1. The molecule has 154 valence electrons. The van der Waals surface area contributed by atoms with E-state index >= 15 is 0 Å². The van der Waals surface area contributed by atoms with Crippen LogP contribution in [0.25, 0.3) is 31.8 Å². The van der Waals surface area contributed by atoms with Gasteiger partial charge in [-0.25, -0.2) is 9.78 Å². The van der Waals surface area contributed by atoms with Crippen molar-refractivity contribution in [2.24, 2.45) is 0 Å². The first kappa shape index (κ1) is 20.1. The molecule has 0 amide bonds. The van der Waals surface area contributed by atoms with Crippen LogP contribution in [-0.2, 0) is 16.0 Å². The lowest BCUT2D eigenvalue weighted by molar-refractivity contribution is -0.145. The number of ether oxygens (including phenoxy) is 2. The van der Waals surface area contributed by atoms with E-state index in [0.717, 1.165) is 15.8 Å². The van der Waals surface area contributed by atoms with Crippen molar-refractivity contribution in [3.63, 3.8) is 0 Å². The van der Waals surface area contributed by atoms with Crippen LogP contribution < -0.4 is 10.2 Å². The van der Waals surface area contributed by atoms with Gasteiger partial charge in [0.05, 0.1) is 27.8 Å². The molecule has 4 aromatic rings. The van der Waals surface area contributed by atoms with Gasteiger partial charge < -0.3 is 13.9 Å². The second-order valence-corrected chi connectivity index (χ2v) is 7.78. The quantitative estimate of drug-likeness (QED) is 0.411. The third-order valence-electron chi connectivity index (χ3n) is 4.79. The zero-order valence-corrected chi connectivity index (χ0v) is 17.8. The van der Waals surface area contributed by atoms with E-state index in [4.69, 9.17) is 13.9 Å². The molecule has 0 fully saturated rings. The van der Waals surface area contributed by atoms with Crippen LogP contribution in [0.2, 0.25) is 0 Å². The Kier molecular flexibility index (Phi) is 5.55. The molecule has 0 aliphatic heterocycles. The second-order valence-electron chi connectivity index (χ2n) is 6.75. The standard InChI is InChI=1S/C23H21NO5S/c1-4-14-10-15-18(11-17(14)28-12-20(25)27-5-2)29-13(3)21(22(15)26)23-24-16-8-6-7-9-19(16)30-23/h6-11H,4-5,12H2,1-3H3. The van der Waals surface area contributed by atoms with Crippen LogP contribution in [-0.4, -0.2) is 24.2 Å². The first-order valence-corrected chi connectivity index (χ1v) is 10.6. The highest BCUT2D eigenvalue weighted by Crippen LogP contribution is 2.33. The molecule has 6 nitrogen and oxygen atoms in total. The van der Waals surface area contributed by atoms with Crippen molar-refractivity contribution in [3.05, 3.63) is 57.9 Å². The van der Waals surface area contributed by atoms with Crippen LogP contribution in [0.4, 0.5) is 0 Å². The Bertz CT molecular complexity index is 1270. The molecule has 0 radical (unpaired) electrons. The fourth-order valence-corrected chi connectivity index (χ4v) is 4.41. The second kappa shape index (κ2) is 8.28. The van der Waals surface area contributed by atoms with Crippen molar-refractivity contribution in [1.29, 1.82) is 0 Å². The minimum Gasteiger partial charge on any atom is -0.481 e. The van der Waals surface area contributed by atoms with Crippen LogP contribution in [0, 0.1) is 6.92 Å². The van der Waals surface area contributed by atoms with Crippen LogP contribution in [0.1, 0.15) is 25.2 Å². The van der Waals surface area contributed by atoms with Crippen molar-refractivity contribution >= 4 is 38.5 Å². The number of hydrogen-bond donors (Lipinski definition) is 0. The smallest absolute Gasteiger partial charge is 0.344 e. The Morgan fingerprint density at radius 3 is 2.73 bits per heavy atom. The van der Waals surface area contributed by atoms with Gasteiger partial charge in [-0.2, -0.15) is 0 Å². The van der Waals surface area contributed by atoms with E-state index in [9.17, 15) is 9.59 Å². The van der Waals surface area contributed by atoms with Crippen LogP contribution in [0.3, 0.4) is 0 Å². The predicted octanol–water partition coefficient (Wildman–Crippen LogP) is 4.88. The van der Waals surface area contributed by atoms with Crippen molar-refractivity contribution < 1.29 is 18.7 Å². The van der Waals surface area contributed by atoms with Gasteiger partial charge >= 0.3 is 5.97 Å². The summed E-state index contributed by atoms with van der Waals surface area (Å²) in [6.45, 7) is 5.56. The molecule has 2 heterocycles. The number of nitrogens with zero attached hydrogens (tertiary/aromatic N) is 1. The zero-order chi connectivity index (χ0) is 21.3. The first-order chi connectivity index (χ1) is 14.5. The summed E-state index contributed by atoms with van der Waals surface area (Å²) in [6.07, 6.45) is 0.637. The van der Waals surface area contributed by atoms with Crippen molar-refractivity contribution in [1.82, 2.24) is 4.98 Å². The molecular formula is C23H21NO5S.